The Morgan fingerprint density at radius 2 is 1.81 bits per heavy atom. The predicted molar refractivity (Wildman–Crippen MR) is 99.1 cm³/mol. The van der Waals surface area contributed by atoms with E-state index in [4.69, 9.17) is 0 Å². The van der Waals surface area contributed by atoms with Gasteiger partial charge in [-0.1, -0.05) is 6.08 Å². The summed E-state index contributed by atoms with van der Waals surface area (Å²) in [5.74, 6) is -0.245. The summed E-state index contributed by atoms with van der Waals surface area (Å²) >= 11 is 0. The normalized spacial score (nSPS) is 15.7. The highest BCUT2D eigenvalue weighted by Gasteiger charge is 2.27. The van der Waals surface area contributed by atoms with Crippen LogP contribution in [0.3, 0.4) is 0 Å². The summed E-state index contributed by atoms with van der Waals surface area (Å²) < 4.78 is 25.3. The SMILES string of the molecule is C=CCNC(=O)C1CCN(C(=O)c2ccc(S(=O)(=O)N(C)C)cc2)CC1. The van der Waals surface area contributed by atoms with Crippen LogP contribution in [0, 0.1) is 5.92 Å². The smallest absolute Gasteiger partial charge is 0.253 e. The maximum atomic E-state index is 12.6. The Morgan fingerprint density at radius 1 is 1.23 bits per heavy atom. The Hall–Kier alpha value is -2.19. The third-order valence-electron chi connectivity index (χ3n) is 4.45. The Morgan fingerprint density at radius 3 is 2.31 bits per heavy atom. The average molecular weight is 379 g/mol. The second-order valence-electron chi connectivity index (χ2n) is 6.41. The summed E-state index contributed by atoms with van der Waals surface area (Å²) in [5, 5.41) is 2.79. The summed E-state index contributed by atoms with van der Waals surface area (Å²) in [5.41, 5.74) is 0.442. The number of nitrogens with one attached hydrogen (secondary N) is 1. The molecule has 1 N–H and O–H groups in total. The van der Waals surface area contributed by atoms with E-state index < -0.39 is 10.0 Å². The van der Waals surface area contributed by atoms with Gasteiger partial charge in [0.05, 0.1) is 4.90 Å². The minimum Gasteiger partial charge on any atom is -0.352 e. The van der Waals surface area contributed by atoms with Crippen molar-refractivity contribution in [3.63, 3.8) is 0 Å². The molecule has 2 amide bonds. The Labute approximate surface area is 154 Å². The fourth-order valence-electron chi connectivity index (χ4n) is 2.82. The lowest BCUT2D eigenvalue weighted by Crippen LogP contribution is -2.43. The number of rotatable bonds is 6. The summed E-state index contributed by atoms with van der Waals surface area (Å²) in [6.45, 7) is 5.02. The molecule has 1 heterocycles. The zero-order chi connectivity index (χ0) is 19.3. The third kappa shape index (κ3) is 4.50. The highest BCUT2D eigenvalue weighted by atomic mass is 32.2. The molecule has 0 bridgehead atoms. The number of benzene rings is 1. The van der Waals surface area contributed by atoms with E-state index in [1.54, 1.807) is 11.0 Å². The molecule has 7 nitrogen and oxygen atoms in total. The van der Waals surface area contributed by atoms with Gasteiger partial charge in [0.2, 0.25) is 15.9 Å². The zero-order valence-corrected chi connectivity index (χ0v) is 16.0. The molecule has 0 aliphatic carbocycles. The van der Waals surface area contributed by atoms with Crippen molar-refractivity contribution in [3.8, 4) is 0 Å². The Kier molecular flexibility index (Phi) is 6.55. The monoisotopic (exact) mass is 379 g/mol. The van der Waals surface area contributed by atoms with Gasteiger partial charge in [0.15, 0.2) is 0 Å². The van der Waals surface area contributed by atoms with E-state index in [1.807, 2.05) is 0 Å². The van der Waals surface area contributed by atoms with Crippen molar-refractivity contribution in [2.24, 2.45) is 5.92 Å². The molecule has 142 valence electrons. The van der Waals surface area contributed by atoms with Crippen LogP contribution in [-0.2, 0) is 14.8 Å². The molecule has 1 aliphatic heterocycles. The Bertz CT molecular complexity index is 764. The van der Waals surface area contributed by atoms with E-state index >= 15 is 0 Å². The van der Waals surface area contributed by atoms with Crippen molar-refractivity contribution < 1.29 is 18.0 Å². The lowest BCUT2D eigenvalue weighted by Gasteiger charge is -2.31. The van der Waals surface area contributed by atoms with Gasteiger partial charge in [0, 0.05) is 45.2 Å². The van der Waals surface area contributed by atoms with Crippen molar-refractivity contribution in [1.29, 1.82) is 0 Å². The van der Waals surface area contributed by atoms with Crippen LogP contribution in [0.2, 0.25) is 0 Å². The zero-order valence-electron chi connectivity index (χ0n) is 15.1. The molecule has 1 fully saturated rings. The molecule has 1 aliphatic rings. The minimum atomic E-state index is -3.51. The summed E-state index contributed by atoms with van der Waals surface area (Å²) in [6.07, 6.45) is 2.86. The number of sulfonamides is 1. The molecular weight excluding hydrogens is 354 g/mol. The second kappa shape index (κ2) is 8.46. The van der Waals surface area contributed by atoms with Crippen LogP contribution in [-0.4, -0.2) is 63.2 Å². The van der Waals surface area contributed by atoms with Gasteiger partial charge in [-0.05, 0) is 37.1 Å². The van der Waals surface area contributed by atoms with Gasteiger partial charge in [-0.3, -0.25) is 9.59 Å². The number of likely N-dealkylation sites (tertiary alicyclic amines) is 1. The van der Waals surface area contributed by atoms with Crippen LogP contribution in [0.25, 0.3) is 0 Å². The molecule has 0 radical (unpaired) electrons. The van der Waals surface area contributed by atoms with E-state index in [1.165, 1.54) is 38.4 Å². The number of piperidine rings is 1. The summed E-state index contributed by atoms with van der Waals surface area (Å²) in [7, 11) is -0.588. The van der Waals surface area contributed by atoms with Gasteiger partial charge in [-0.2, -0.15) is 0 Å². The maximum absolute atomic E-state index is 12.6. The molecule has 8 heteroatoms. The molecule has 0 aromatic heterocycles. The van der Waals surface area contributed by atoms with Gasteiger partial charge in [0.1, 0.15) is 0 Å². The van der Waals surface area contributed by atoms with E-state index in [9.17, 15) is 18.0 Å². The van der Waals surface area contributed by atoms with Crippen molar-refractivity contribution in [2.75, 3.05) is 33.7 Å². The standard InChI is InChI=1S/C18H25N3O4S/c1-4-11-19-17(22)14-9-12-21(13-10-14)18(23)15-5-7-16(8-6-15)26(24,25)20(2)3/h4-8,14H,1,9-13H2,2-3H3,(H,19,22). The summed E-state index contributed by atoms with van der Waals surface area (Å²) in [4.78, 5) is 26.4. The van der Waals surface area contributed by atoms with E-state index in [2.05, 4.69) is 11.9 Å². The third-order valence-corrected chi connectivity index (χ3v) is 6.28. The van der Waals surface area contributed by atoms with Crippen molar-refractivity contribution >= 4 is 21.8 Å². The van der Waals surface area contributed by atoms with Crippen molar-refractivity contribution in [1.82, 2.24) is 14.5 Å². The Balaban J connectivity index is 1.98. The van der Waals surface area contributed by atoms with Crippen LogP contribution in [0.15, 0.2) is 41.8 Å². The van der Waals surface area contributed by atoms with Crippen LogP contribution < -0.4 is 5.32 Å². The molecule has 1 aromatic rings. The molecule has 26 heavy (non-hydrogen) atoms. The maximum Gasteiger partial charge on any atom is 0.253 e. The fourth-order valence-corrected chi connectivity index (χ4v) is 3.73. The predicted octanol–water partition coefficient (Wildman–Crippen LogP) is 1.09. The molecule has 1 aromatic carbocycles. The van der Waals surface area contributed by atoms with Crippen LogP contribution in [0.4, 0.5) is 0 Å². The molecule has 0 atom stereocenters. The highest BCUT2D eigenvalue weighted by Crippen LogP contribution is 2.20. The van der Waals surface area contributed by atoms with Crippen molar-refractivity contribution in [2.45, 2.75) is 17.7 Å². The van der Waals surface area contributed by atoms with Crippen LogP contribution in [0.5, 0.6) is 0 Å². The lowest BCUT2D eigenvalue weighted by atomic mass is 9.95. The van der Waals surface area contributed by atoms with Gasteiger partial charge < -0.3 is 10.2 Å². The first kappa shape index (κ1) is 20.1. The number of carbonyl (C=O) groups is 2. The topological polar surface area (TPSA) is 86.8 Å². The number of carbonyl (C=O) groups excluding carboxylic acids is 2. The first-order valence-corrected chi connectivity index (χ1v) is 9.92. The van der Waals surface area contributed by atoms with Gasteiger partial charge >= 0.3 is 0 Å². The van der Waals surface area contributed by atoms with Gasteiger partial charge in [-0.15, -0.1) is 6.58 Å². The molecule has 2 rings (SSSR count). The van der Waals surface area contributed by atoms with Gasteiger partial charge in [0.25, 0.3) is 5.91 Å². The second-order valence-corrected chi connectivity index (χ2v) is 8.56. The summed E-state index contributed by atoms with van der Waals surface area (Å²) in [6, 6.07) is 5.94. The lowest BCUT2D eigenvalue weighted by molar-refractivity contribution is -0.126. The van der Waals surface area contributed by atoms with E-state index in [0.29, 0.717) is 38.0 Å². The van der Waals surface area contributed by atoms with Gasteiger partial charge in [-0.25, -0.2) is 12.7 Å². The van der Waals surface area contributed by atoms with Crippen LogP contribution in [0.1, 0.15) is 23.2 Å². The van der Waals surface area contributed by atoms with Crippen molar-refractivity contribution in [3.05, 3.63) is 42.5 Å². The van der Waals surface area contributed by atoms with E-state index in [-0.39, 0.29) is 22.6 Å². The highest BCUT2D eigenvalue weighted by molar-refractivity contribution is 7.89. The molecular formula is C18H25N3O4S. The number of nitrogens with zero attached hydrogens (tertiary/aromatic N) is 2. The number of amides is 2. The molecule has 0 unspecified atom stereocenters. The first-order valence-electron chi connectivity index (χ1n) is 8.48. The quantitative estimate of drug-likeness (QED) is 0.750. The minimum absolute atomic E-state index is 0.00440. The number of hydrogen-bond donors (Lipinski definition) is 1. The molecule has 0 saturated carbocycles. The first-order chi connectivity index (χ1) is 12.3. The fraction of sp³-hybridized carbons (Fsp3) is 0.444. The van der Waals surface area contributed by atoms with E-state index in [0.717, 1.165) is 4.31 Å². The van der Waals surface area contributed by atoms with Crippen LogP contribution >= 0.6 is 0 Å². The number of hydrogen-bond acceptors (Lipinski definition) is 4. The molecule has 0 spiro atoms. The average Bonchev–Trinajstić information content (AvgIpc) is 2.65. The molecule has 1 saturated heterocycles. The largest absolute Gasteiger partial charge is 0.352 e.